The van der Waals surface area contributed by atoms with Crippen LogP contribution in [0.5, 0.6) is 0 Å². The Kier molecular flexibility index (Phi) is 6.02. The van der Waals surface area contributed by atoms with Gasteiger partial charge in [-0.05, 0) is 6.92 Å². The molecule has 0 radical (unpaired) electrons. The molecule has 2 aromatic rings. The lowest BCUT2D eigenvalue weighted by Crippen LogP contribution is -2.65. The molecule has 1 amide bonds. The van der Waals surface area contributed by atoms with Gasteiger partial charge < -0.3 is 30.7 Å². The van der Waals surface area contributed by atoms with Crippen molar-refractivity contribution in [1.82, 2.24) is 15.5 Å². The van der Waals surface area contributed by atoms with Crippen LogP contribution in [0.15, 0.2) is 24.3 Å². The second kappa shape index (κ2) is 8.28. The maximum Gasteiger partial charge on any atom is 0.217 e. The van der Waals surface area contributed by atoms with Crippen LogP contribution in [0.4, 0.5) is 5.13 Å². The monoisotopic (exact) mass is 394 g/mol. The number of aliphatic hydroxyl groups is 3. The summed E-state index contributed by atoms with van der Waals surface area (Å²) in [6.45, 7) is 2.82. The van der Waals surface area contributed by atoms with Crippen molar-refractivity contribution in [3.05, 3.63) is 29.8 Å². The molecule has 3 rings (SSSR count). The van der Waals surface area contributed by atoms with Gasteiger partial charge in [0.2, 0.25) is 11.0 Å². The fourth-order valence-corrected chi connectivity index (χ4v) is 3.63. The van der Waals surface area contributed by atoms with E-state index in [0.29, 0.717) is 10.1 Å². The number of amides is 1. The molecule has 1 saturated heterocycles. The standard InChI is InChI=1S/C17H22N4O5S/c1-8-3-5-10(6-4-8)16-20-21-17(27-16)19-15-12(18-9(2)23)14(25)13(24)11(7-22)26-15/h3-6,11-15,22,24-25H,7H2,1-2H3,(H,18,23)(H,19,21)/t11-,12-,13-,14-,15-/m1/s1. The van der Waals surface area contributed by atoms with E-state index in [1.807, 2.05) is 31.2 Å². The normalized spacial score (nSPS) is 28.0. The third-order valence-electron chi connectivity index (χ3n) is 4.29. The van der Waals surface area contributed by atoms with E-state index in [9.17, 15) is 20.1 Å². The topological polar surface area (TPSA) is 137 Å². The zero-order chi connectivity index (χ0) is 19.6. The van der Waals surface area contributed by atoms with Gasteiger partial charge in [0, 0.05) is 12.5 Å². The fourth-order valence-electron chi connectivity index (χ4n) is 2.85. The van der Waals surface area contributed by atoms with Crippen LogP contribution in [-0.4, -0.2) is 68.6 Å². The largest absolute Gasteiger partial charge is 0.394 e. The highest BCUT2D eigenvalue weighted by molar-refractivity contribution is 7.18. The fraction of sp³-hybridized carbons (Fsp3) is 0.471. The number of benzene rings is 1. The molecular formula is C17H22N4O5S. The summed E-state index contributed by atoms with van der Waals surface area (Å²) < 4.78 is 5.62. The van der Waals surface area contributed by atoms with Gasteiger partial charge in [0.25, 0.3) is 0 Å². The second-order valence-electron chi connectivity index (χ2n) is 6.41. The number of hydrogen-bond donors (Lipinski definition) is 5. The van der Waals surface area contributed by atoms with E-state index in [4.69, 9.17) is 4.74 Å². The Morgan fingerprint density at radius 3 is 2.56 bits per heavy atom. The maximum atomic E-state index is 11.5. The molecule has 1 aliphatic heterocycles. The van der Waals surface area contributed by atoms with Crippen molar-refractivity contribution in [1.29, 1.82) is 0 Å². The van der Waals surface area contributed by atoms with Gasteiger partial charge in [-0.25, -0.2) is 0 Å². The first-order chi connectivity index (χ1) is 12.9. The SMILES string of the molecule is CC(=O)N[C@@H]1[C@@H](O)[C@H](O)[C@@H](CO)O[C@H]1Nc1nnc(-c2ccc(C)cc2)s1. The van der Waals surface area contributed by atoms with Crippen molar-refractivity contribution in [2.75, 3.05) is 11.9 Å². The van der Waals surface area contributed by atoms with Crippen LogP contribution in [0.25, 0.3) is 10.6 Å². The second-order valence-corrected chi connectivity index (χ2v) is 7.39. The number of carbonyl (C=O) groups is 1. The molecule has 27 heavy (non-hydrogen) atoms. The van der Waals surface area contributed by atoms with Crippen LogP contribution in [0.3, 0.4) is 0 Å². The lowest BCUT2D eigenvalue weighted by molar-refractivity contribution is -0.188. The van der Waals surface area contributed by atoms with Crippen molar-refractivity contribution in [2.24, 2.45) is 0 Å². The number of rotatable bonds is 5. The number of nitrogens with one attached hydrogen (secondary N) is 2. The van der Waals surface area contributed by atoms with Crippen LogP contribution >= 0.6 is 11.3 Å². The molecule has 10 heteroatoms. The number of nitrogens with zero attached hydrogens (tertiary/aromatic N) is 2. The average Bonchev–Trinajstić information content (AvgIpc) is 3.10. The van der Waals surface area contributed by atoms with E-state index in [-0.39, 0.29) is 5.91 Å². The van der Waals surface area contributed by atoms with Gasteiger partial charge in [0.15, 0.2) is 6.23 Å². The molecular weight excluding hydrogens is 372 g/mol. The van der Waals surface area contributed by atoms with E-state index < -0.39 is 37.2 Å². The van der Waals surface area contributed by atoms with E-state index >= 15 is 0 Å². The number of aliphatic hydroxyl groups excluding tert-OH is 3. The number of anilines is 1. The van der Waals surface area contributed by atoms with Crippen LogP contribution in [-0.2, 0) is 9.53 Å². The summed E-state index contributed by atoms with van der Waals surface area (Å²) in [6, 6.07) is 6.92. The summed E-state index contributed by atoms with van der Waals surface area (Å²) in [5.41, 5.74) is 2.05. The third kappa shape index (κ3) is 4.42. The van der Waals surface area contributed by atoms with Crippen LogP contribution in [0.2, 0.25) is 0 Å². The molecule has 9 nitrogen and oxygen atoms in total. The van der Waals surface area contributed by atoms with Gasteiger partial charge in [-0.3, -0.25) is 4.79 Å². The lowest BCUT2D eigenvalue weighted by Gasteiger charge is -2.42. The number of aryl methyl sites for hydroxylation is 1. The first-order valence-corrected chi connectivity index (χ1v) is 9.27. The molecule has 5 atom stereocenters. The van der Waals surface area contributed by atoms with Gasteiger partial charge >= 0.3 is 0 Å². The molecule has 0 bridgehead atoms. The summed E-state index contributed by atoms with van der Waals surface area (Å²) in [5.74, 6) is -0.387. The molecule has 2 heterocycles. The Balaban J connectivity index is 1.79. The molecule has 0 unspecified atom stereocenters. The highest BCUT2D eigenvalue weighted by Crippen LogP contribution is 2.29. The summed E-state index contributed by atoms with van der Waals surface area (Å²) in [6.07, 6.45) is -4.54. The molecule has 1 aliphatic rings. The van der Waals surface area contributed by atoms with Crippen molar-refractivity contribution in [3.8, 4) is 10.6 Å². The minimum atomic E-state index is -1.33. The van der Waals surface area contributed by atoms with Crippen LogP contribution in [0.1, 0.15) is 12.5 Å². The molecule has 1 fully saturated rings. The average molecular weight is 394 g/mol. The van der Waals surface area contributed by atoms with Crippen LogP contribution in [0, 0.1) is 6.92 Å². The minimum Gasteiger partial charge on any atom is -0.394 e. The highest BCUT2D eigenvalue weighted by atomic mass is 32.1. The predicted octanol–water partition coefficient (Wildman–Crippen LogP) is -0.131. The van der Waals surface area contributed by atoms with Crippen molar-refractivity contribution in [3.63, 3.8) is 0 Å². The Hall–Kier alpha value is -2.11. The van der Waals surface area contributed by atoms with Gasteiger partial charge in [-0.2, -0.15) is 0 Å². The lowest BCUT2D eigenvalue weighted by atomic mass is 9.96. The van der Waals surface area contributed by atoms with Gasteiger partial charge in [-0.15, -0.1) is 10.2 Å². The smallest absolute Gasteiger partial charge is 0.217 e. The number of ether oxygens (including phenoxy) is 1. The zero-order valence-electron chi connectivity index (χ0n) is 14.9. The van der Waals surface area contributed by atoms with Gasteiger partial charge in [0.1, 0.15) is 29.4 Å². The van der Waals surface area contributed by atoms with E-state index in [1.165, 1.54) is 18.3 Å². The van der Waals surface area contributed by atoms with Crippen molar-refractivity contribution >= 4 is 22.4 Å². The van der Waals surface area contributed by atoms with Gasteiger partial charge in [0.05, 0.1) is 6.61 Å². The Morgan fingerprint density at radius 2 is 1.93 bits per heavy atom. The zero-order valence-corrected chi connectivity index (χ0v) is 15.7. The highest BCUT2D eigenvalue weighted by Gasteiger charge is 2.45. The first-order valence-electron chi connectivity index (χ1n) is 8.45. The summed E-state index contributed by atoms with van der Waals surface area (Å²) in [4.78, 5) is 11.5. The molecule has 0 aliphatic carbocycles. The summed E-state index contributed by atoms with van der Waals surface area (Å²) in [5, 5.41) is 44.6. The molecule has 1 aromatic heterocycles. The number of carbonyl (C=O) groups excluding carboxylic acids is 1. The maximum absolute atomic E-state index is 11.5. The molecule has 146 valence electrons. The third-order valence-corrected chi connectivity index (χ3v) is 5.19. The van der Waals surface area contributed by atoms with E-state index in [1.54, 1.807) is 0 Å². The Bertz CT molecular complexity index is 784. The van der Waals surface area contributed by atoms with E-state index in [0.717, 1.165) is 11.1 Å². The van der Waals surface area contributed by atoms with E-state index in [2.05, 4.69) is 20.8 Å². The summed E-state index contributed by atoms with van der Waals surface area (Å²) >= 11 is 1.28. The Labute approximate surface area is 160 Å². The quantitative estimate of drug-likeness (QED) is 0.473. The van der Waals surface area contributed by atoms with Crippen molar-refractivity contribution < 1.29 is 24.9 Å². The molecule has 0 saturated carbocycles. The molecule has 0 spiro atoms. The number of hydrogen-bond acceptors (Lipinski definition) is 9. The predicted molar refractivity (Wildman–Crippen MR) is 99.1 cm³/mol. The first kappa shape index (κ1) is 19.6. The minimum absolute atomic E-state index is 0.387. The molecule has 1 aromatic carbocycles. The van der Waals surface area contributed by atoms with Crippen LogP contribution < -0.4 is 10.6 Å². The molecule has 5 N–H and O–H groups in total. The van der Waals surface area contributed by atoms with Gasteiger partial charge in [-0.1, -0.05) is 41.2 Å². The van der Waals surface area contributed by atoms with Crippen molar-refractivity contribution in [2.45, 2.75) is 44.4 Å². The summed E-state index contributed by atoms with van der Waals surface area (Å²) in [7, 11) is 0. The number of aromatic nitrogens is 2. The Morgan fingerprint density at radius 1 is 1.22 bits per heavy atom.